The normalized spacial score (nSPS) is 16.2. The van der Waals surface area contributed by atoms with E-state index in [0.29, 0.717) is 49.4 Å². The Hall–Kier alpha value is -3.35. The fraction of sp³-hybridized carbons (Fsp3) is 0.348. The van der Waals surface area contributed by atoms with E-state index in [1.165, 1.54) is 0 Å². The van der Waals surface area contributed by atoms with Crippen LogP contribution in [-0.2, 0) is 4.79 Å². The fourth-order valence-corrected chi connectivity index (χ4v) is 3.56. The summed E-state index contributed by atoms with van der Waals surface area (Å²) in [5.74, 6) is 2.21. The van der Waals surface area contributed by atoms with Gasteiger partial charge in [0.25, 0.3) is 5.89 Å². The highest BCUT2D eigenvalue weighted by Crippen LogP contribution is 2.34. The first-order chi connectivity index (χ1) is 14.6. The van der Waals surface area contributed by atoms with E-state index in [1.54, 1.807) is 4.90 Å². The molecule has 1 atom stereocenters. The maximum Gasteiger partial charge on any atom is 0.258 e. The Morgan fingerprint density at radius 1 is 1.07 bits per heavy atom. The lowest BCUT2D eigenvalue weighted by Crippen LogP contribution is -2.24. The monoisotopic (exact) mass is 407 g/mol. The van der Waals surface area contributed by atoms with Gasteiger partial charge in [-0.25, -0.2) is 0 Å². The van der Waals surface area contributed by atoms with Crippen LogP contribution in [0.4, 0.5) is 5.69 Å². The maximum absolute atomic E-state index is 12.5. The second kappa shape index (κ2) is 8.57. The topological polar surface area (TPSA) is 77.7 Å². The molecule has 1 saturated heterocycles. The van der Waals surface area contributed by atoms with Gasteiger partial charge in [0.2, 0.25) is 5.91 Å². The molecular weight excluding hydrogens is 382 g/mol. The number of benzene rings is 2. The molecule has 0 saturated carbocycles. The van der Waals surface area contributed by atoms with Crippen molar-refractivity contribution in [1.29, 1.82) is 0 Å². The number of carbonyl (C=O) groups excluding carboxylic acids is 1. The molecule has 156 valence electrons. The summed E-state index contributed by atoms with van der Waals surface area (Å²) in [5.41, 5.74) is 2.80. The third kappa shape index (κ3) is 4.01. The number of nitrogens with zero attached hydrogens (tertiary/aromatic N) is 3. The summed E-state index contributed by atoms with van der Waals surface area (Å²) in [5, 5.41) is 4.15. The molecule has 2 aromatic carbocycles. The van der Waals surface area contributed by atoms with Crippen LogP contribution in [0.2, 0.25) is 0 Å². The number of hydrogen-bond acceptors (Lipinski definition) is 6. The molecule has 3 aromatic rings. The molecular formula is C23H25N3O4. The van der Waals surface area contributed by atoms with E-state index in [-0.39, 0.29) is 11.8 Å². The van der Waals surface area contributed by atoms with E-state index >= 15 is 0 Å². The Morgan fingerprint density at radius 2 is 1.80 bits per heavy atom. The van der Waals surface area contributed by atoms with Gasteiger partial charge in [0.1, 0.15) is 0 Å². The van der Waals surface area contributed by atoms with Gasteiger partial charge in [-0.15, -0.1) is 0 Å². The predicted molar refractivity (Wildman–Crippen MR) is 113 cm³/mol. The van der Waals surface area contributed by atoms with Gasteiger partial charge < -0.3 is 18.9 Å². The Morgan fingerprint density at radius 3 is 2.53 bits per heavy atom. The molecule has 1 fully saturated rings. The SMILES string of the molecule is CCOc1ccc(-c2nc(C3CC(=O)N(c4ccc(C)cc4)C3)no2)cc1OCC. The third-order valence-electron chi connectivity index (χ3n) is 5.07. The van der Waals surface area contributed by atoms with Crippen LogP contribution in [0.1, 0.15) is 37.6 Å². The van der Waals surface area contributed by atoms with Crippen LogP contribution in [0, 0.1) is 6.92 Å². The fourth-order valence-electron chi connectivity index (χ4n) is 3.56. The Labute approximate surface area is 175 Å². The summed E-state index contributed by atoms with van der Waals surface area (Å²) in [6.07, 6.45) is 0.361. The van der Waals surface area contributed by atoms with E-state index in [9.17, 15) is 4.79 Å². The van der Waals surface area contributed by atoms with Crippen LogP contribution in [0.3, 0.4) is 0 Å². The van der Waals surface area contributed by atoms with Gasteiger partial charge in [0, 0.05) is 30.1 Å². The van der Waals surface area contributed by atoms with Crippen molar-refractivity contribution in [2.24, 2.45) is 0 Å². The number of anilines is 1. The minimum Gasteiger partial charge on any atom is -0.490 e. The average Bonchev–Trinajstić information content (AvgIpc) is 3.37. The number of aryl methyl sites for hydroxylation is 1. The quantitative estimate of drug-likeness (QED) is 0.579. The zero-order chi connectivity index (χ0) is 21.1. The van der Waals surface area contributed by atoms with Gasteiger partial charge in [-0.2, -0.15) is 4.98 Å². The predicted octanol–water partition coefficient (Wildman–Crippen LogP) is 4.36. The first-order valence-electron chi connectivity index (χ1n) is 10.2. The summed E-state index contributed by atoms with van der Waals surface area (Å²) in [6, 6.07) is 13.5. The molecule has 0 N–H and O–H groups in total. The first-order valence-corrected chi connectivity index (χ1v) is 10.2. The van der Waals surface area contributed by atoms with Crippen molar-refractivity contribution in [2.75, 3.05) is 24.7 Å². The number of rotatable bonds is 7. The van der Waals surface area contributed by atoms with E-state index in [0.717, 1.165) is 16.8 Å². The van der Waals surface area contributed by atoms with Crippen LogP contribution in [0.15, 0.2) is 47.0 Å². The molecule has 1 aliphatic heterocycles. The van der Waals surface area contributed by atoms with Crippen molar-refractivity contribution in [3.05, 3.63) is 53.9 Å². The largest absolute Gasteiger partial charge is 0.490 e. The second-order valence-corrected chi connectivity index (χ2v) is 7.23. The van der Waals surface area contributed by atoms with Gasteiger partial charge in [0.15, 0.2) is 17.3 Å². The summed E-state index contributed by atoms with van der Waals surface area (Å²) in [4.78, 5) is 18.9. The Bertz CT molecular complexity index is 1030. The minimum absolute atomic E-state index is 0.0647. The molecule has 0 spiro atoms. The molecule has 1 amide bonds. The lowest BCUT2D eigenvalue weighted by molar-refractivity contribution is -0.117. The van der Waals surface area contributed by atoms with E-state index in [2.05, 4.69) is 10.1 Å². The van der Waals surface area contributed by atoms with E-state index in [1.807, 2.05) is 63.2 Å². The van der Waals surface area contributed by atoms with E-state index < -0.39 is 0 Å². The van der Waals surface area contributed by atoms with Crippen LogP contribution in [-0.4, -0.2) is 35.8 Å². The zero-order valence-corrected chi connectivity index (χ0v) is 17.4. The molecule has 7 heteroatoms. The van der Waals surface area contributed by atoms with Crippen molar-refractivity contribution in [2.45, 2.75) is 33.1 Å². The Balaban J connectivity index is 1.54. The average molecular weight is 407 g/mol. The number of carbonyl (C=O) groups is 1. The van der Waals surface area contributed by atoms with Gasteiger partial charge in [-0.3, -0.25) is 4.79 Å². The van der Waals surface area contributed by atoms with Crippen LogP contribution in [0.25, 0.3) is 11.5 Å². The maximum atomic E-state index is 12.5. The van der Waals surface area contributed by atoms with Crippen LogP contribution < -0.4 is 14.4 Å². The molecule has 1 aliphatic rings. The second-order valence-electron chi connectivity index (χ2n) is 7.23. The summed E-state index contributed by atoms with van der Waals surface area (Å²) in [6.45, 7) is 7.49. The Kier molecular flexibility index (Phi) is 5.70. The molecule has 1 unspecified atom stereocenters. The van der Waals surface area contributed by atoms with Gasteiger partial charge in [-0.05, 0) is 51.1 Å². The van der Waals surface area contributed by atoms with Crippen LogP contribution in [0.5, 0.6) is 11.5 Å². The lowest BCUT2D eigenvalue weighted by atomic mass is 10.1. The van der Waals surface area contributed by atoms with Crippen molar-refractivity contribution in [1.82, 2.24) is 10.1 Å². The van der Waals surface area contributed by atoms with Crippen molar-refractivity contribution >= 4 is 11.6 Å². The highest BCUT2D eigenvalue weighted by Gasteiger charge is 2.34. The molecule has 0 bridgehead atoms. The molecule has 7 nitrogen and oxygen atoms in total. The lowest BCUT2D eigenvalue weighted by Gasteiger charge is -2.16. The first kappa shape index (κ1) is 19.9. The summed E-state index contributed by atoms with van der Waals surface area (Å²) < 4.78 is 16.8. The zero-order valence-electron chi connectivity index (χ0n) is 17.4. The minimum atomic E-state index is -0.106. The number of hydrogen-bond donors (Lipinski definition) is 0. The summed E-state index contributed by atoms with van der Waals surface area (Å²) >= 11 is 0. The molecule has 1 aromatic heterocycles. The molecule has 2 heterocycles. The summed E-state index contributed by atoms with van der Waals surface area (Å²) in [7, 11) is 0. The highest BCUT2D eigenvalue weighted by molar-refractivity contribution is 5.96. The van der Waals surface area contributed by atoms with E-state index in [4.69, 9.17) is 14.0 Å². The smallest absolute Gasteiger partial charge is 0.258 e. The molecule has 30 heavy (non-hydrogen) atoms. The molecule has 4 rings (SSSR count). The van der Waals surface area contributed by atoms with Crippen LogP contribution >= 0.6 is 0 Å². The van der Waals surface area contributed by atoms with Crippen molar-refractivity contribution in [3.8, 4) is 23.0 Å². The number of aromatic nitrogens is 2. The van der Waals surface area contributed by atoms with Crippen molar-refractivity contribution in [3.63, 3.8) is 0 Å². The van der Waals surface area contributed by atoms with Gasteiger partial charge in [-0.1, -0.05) is 22.9 Å². The standard InChI is InChI=1S/C23H25N3O4/c1-4-28-19-11-8-16(12-20(19)29-5-2)23-24-22(25-30-23)17-13-21(27)26(14-17)18-9-6-15(3)7-10-18/h6-12,17H,4-5,13-14H2,1-3H3. The number of amides is 1. The molecule has 0 radical (unpaired) electrons. The van der Waals surface area contributed by atoms with Crippen molar-refractivity contribution < 1.29 is 18.8 Å². The third-order valence-corrected chi connectivity index (χ3v) is 5.07. The van der Waals surface area contributed by atoms with Gasteiger partial charge >= 0.3 is 0 Å². The van der Waals surface area contributed by atoms with Gasteiger partial charge in [0.05, 0.1) is 13.2 Å². The number of ether oxygens (including phenoxy) is 2. The molecule has 0 aliphatic carbocycles. The highest BCUT2D eigenvalue weighted by atomic mass is 16.5.